The van der Waals surface area contributed by atoms with Crippen LogP contribution in [0, 0.1) is 12.8 Å². The highest BCUT2D eigenvalue weighted by Crippen LogP contribution is 2.35. The molecule has 2 heterocycles. The van der Waals surface area contributed by atoms with Gasteiger partial charge in [0, 0.05) is 6.54 Å². The van der Waals surface area contributed by atoms with E-state index in [4.69, 9.17) is 20.4 Å². The van der Waals surface area contributed by atoms with Crippen molar-refractivity contribution in [1.82, 2.24) is 19.9 Å². The largest absolute Gasteiger partial charge is 0.495 e. The second-order valence-electron chi connectivity index (χ2n) is 8.09. The predicted molar refractivity (Wildman–Crippen MR) is 124 cm³/mol. The normalized spacial score (nSPS) is 11.4. The summed E-state index contributed by atoms with van der Waals surface area (Å²) in [4.78, 5) is 22.7. The van der Waals surface area contributed by atoms with Crippen molar-refractivity contribution in [1.29, 1.82) is 0 Å². The number of aromatic nitrogens is 3. The van der Waals surface area contributed by atoms with Crippen molar-refractivity contribution < 1.29 is 9.53 Å². The fourth-order valence-electron chi connectivity index (χ4n) is 3.67. The Bertz CT molecular complexity index is 1280. The monoisotopic (exact) mass is 417 g/mol. The number of rotatable bonds is 6. The Hall–Kier alpha value is -3.61. The molecule has 2 aromatic carbocycles. The Kier molecular flexibility index (Phi) is 5.50. The molecule has 4 rings (SSSR count). The van der Waals surface area contributed by atoms with E-state index in [1.165, 1.54) is 0 Å². The number of hydrogen-bond acceptors (Lipinski definition) is 5. The molecule has 0 atom stereocenters. The van der Waals surface area contributed by atoms with E-state index < -0.39 is 0 Å². The number of nitrogen functional groups attached to an aromatic ring is 1. The van der Waals surface area contributed by atoms with Crippen LogP contribution in [0.1, 0.15) is 36.2 Å². The van der Waals surface area contributed by atoms with E-state index in [-0.39, 0.29) is 11.7 Å². The van der Waals surface area contributed by atoms with E-state index in [1.54, 1.807) is 11.7 Å². The maximum atomic E-state index is 13.2. The van der Waals surface area contributed by atoms with Crippen LogP contribution in [0.15, 0.2) is 42.5 Å². The lowest BCUT2D eigenvalue weighted by Gasteiger charge is -2.13. The number of nitrogens with two attached hydrogens (primary N) is 1. The maximum Gasteiger partial charge on any atom is 0.257 e. The number of nitrogens with one attached hydrogen (secondary N) is 1. The first kappa shape index (κ1) is 20.7. The number of ether oxygens (including phenoxy) is 1. The van der Waals surface area contributed by atoms with Crippen molar-refractivity contribution in [3.8, 4) is 11.4 Å². The highest BCUT2D eigenvalue weighted by atomic mass is 16.5. The van der Waals surface area contributed by atoms with Gasteiger partial charge in [-0.3, -0.25) is 9.36 Å². The summed E-state index contributed by atoms with van der Waals surface area (Å²) < 4.78 is 7.34. The fraction of sp³-hybridized carbons (Fsp3) is 0.292. The minimum absolute atomic E-state index is 0.252. The van der Waals surface area contributed by atoms with Gasteiger partial charge in [-0.05, 0) is 49.1 Å². The van der Waals surface area contributed by atoms with Gasteiger partial charge < -0.3 is 15.8 Å². The summed E-state index contributed by atoms with van der Waals surface area (Å²) >= 11 is 0. The van der Waals surface area contributed by atoms with Crippen LogP contribution in [-0.4, -0.2) is 34.1 Å². The van der Waals surface area contributed by atoms with Gasteiger partial charge in [0.2, 0.25) is 0 Å². The number of carbonyl (C=O) groups is 1. The van der Waals surface area contributed by atoms with Gasteiger partial charge >= 0.3 is 0 Å². The first-order valence-electron chi connectivity index (χ1n) is 10.4. The smallest absolute Gasteiger partial charge is 0.257 e. The summed E-state index contributed by atoms with van der Waals surface area (Å²) in [6, 6.07) is 13.4. The molecular weight excluding hydrogens is 390 g/mol. The topological polar surface area (TPSA) is 95.1 Å². The molecule has 0 aliphatic carbocycles. The summed E-state index contributed by atoms with van der Waals surface area (Å²) in [5.41, 5.74) is 11.1. The molecule has 2 aromatic heterocycles. The summed E-state index contributed by atoms with van der Waals surface area (Å²) in [5, 5.41) is 2.98. The van der Waals surface area contributed by atoms with Crippen molar-refractivity contribution in [2.75, 3.05) is 19.4 Å². The molecule has 0 radical (unpaired) electrons. The van der Waals surface area contributed by atoms with Gasteiger partial charge in [0.25, 0.3) is 5.91 Å². The van der Waals surface area contributed by atoms with Crippen molar-refractivity contribution in [3.05, 3.63) is 53.6 Å². The molecule has 3 N–H and O–H groups in total. The number of carbonyl (C=O) groups excluding carboxylic acids is 1. The Labute approximate surface area is 181 Å². The van der Waals surface area contributed by atoms with Gasteiger partial charge in [-0.2, -0.15) is 0 Å². The SMILES string of the molecule is COc1ccc(C)cc1-n1c(N)c(C(=O)NCCC(C)C)c2nc3ccccc3nc21. The lowest BCUT2D eigenvalue weighted by Crippen LogP contribution is -2.26. The average molecular weight is 418 g/mol. The summed E-state index contributed by atoms with van der Waals surface area (Å²) in [6.07, 6.45) is 0.880. The molecule has 7 heteroatoms. The van der Waals surface area contributed by atoms with Gasteiger partial charge in [-0.1, -0.05) is 32.0 Å². The molecule has 160 valence electrons. The molecule has 0 saturated heterocycles. The fourth-order valence-corrected chi connectivity index (χ4v) is 3.67. The lowest BCUT2D eigenvalue weighted by atomic mass is 10.1. The van der Waals surface area contributed by atoms with Gasteiger partial charge in [0.05, 0.1) is 23.8 Å². The molecule has 0 unspecified atom stereocenters. The molecule has 31 heavy (non-hydrogen) atoms. The molecule has 0 aliphatic rings. The second kappa shape index (κ2) is 8.26. The zero-order valence-electron chi connectivity index (χ0n) is 18.3. The first-order chi connectivity index (χ1) is 14.9. The molecule has 0 spiro atoms. The number of methoxy groups -OCH3 is 1. The second-order valence-corrected chi connectivity index (χ2v) is 8.09. The third-order valence-corrected chi connectivity index (χ3v) is 5.31. The van der Waals surface area contributed by atoms with Crippen molar-refractivity contribution >= 4 is 33.9 Å². The lowest BCUT2D eigenvalue weighted by molar-refractivity contribution is 0.0954. The third kappa shape index (κ3) is 3.79. The summed E-state index contributed by atoms with van der Waals surface area (Å²) in [6.45, 7) is 6.80. The predicted octanol–water partition coefficient (Wildman–Crippen LogP) is 4.25. The van der Waals surface area contributed by atoms with E-state index in [1.807, 2.05) is 49.4 Å². The molecule has 1 amide bonds. The van der Waals surface area contributed by atoms with Gasteiger partial charge in [-0.15, -0.1) is 0 Å². The zero-order valence-corrected chi connectivity index (χ0v) is 18.3. The van der Waals surface area contributed by atoms with E-state index in [0.29, 0.717) is 40.5 Å². The quantitative estimate of drug-likeness (QED) is 0.489. The molecule has 4 aromatic rings. The van der Waals surface area contributed by atoms with E-state index >= 15 is 0 Å². The molecular formula is C24H27N5O2. The van der Waals surface area contributed by atoms with E-state index in [2.05, 4.69) is 19.2 Å². The van der Waals surface area contributed by atoms with Crippen LogP contribution >= 0.6 is 0 Å². The van der Waals surface area contributed by atoms with Crippen LogP contribution in [-0.2, 0) is 0 Å². The average Bonchev–Trinajstić information content (AvgIpc) is 3.02. The van der Waals surface area contributed by atoms with Crippen LogP contribution in [0.25, 0.3) is 27.9 Å². The summed E-state index contributed by atoms with van der Waals surface area (Å²) in [5.74, 6) is 1.16. The third-order valence-electron chi connectivity index (χ3n) is 5.31. The number of hydrogen-bond donors (Lipinski definition) is 2. The van der Waals surface area contributed by atoms with Gasteiger partial charge in [0.1, 0.15) is 22.6 Å². The van der Waals surface area contributed by atoms with Crippen LogP contribution in [0.3, 0.4) is 0 Å². The zero-order chi connectivity index (χ0) is 22.1. The number of fused-ring (bicyclic) bond motifs is 2. The number of benzene rings is 2. The Morgan fingerprint density at radius 3 is 2.55 bits per heavy atom. The van der Waals surface area contributed by atoms with Gasteiger partial charge in [0.15, 0.2) is 5.65 Å². The Morgan fingerprint density at radius 2 is 1.87 bits per heavy atom. The number of anilines is 1. The van der Waals surface area contributed by atoms with E-state index in [9.17, 15) is 4.79 Å². The van der Waals surface area contributed by atoms with E-state index in [0.717, 1.165) is 23.2 Å². The molecule has 0 aliphatic heterocycles. The van der Waals surface area contributed by atoms with Gasteiger partial charge in [-0.25, -0.2) is 9.97 Å². The number of aryl methyl sites for hydroxylation is 1. The first-order valence-corrected chi connectivity index (χ1v) is 10.4. The van der Waals surface area contributed by atoms with Crippen LogP contribution < -0.4 is 15.8 Å². The van der Waals surface area contributed by atoms with Crippen LogP contribution in [0.4, 0.5) is 5.82 Å². The number of para-hydroxylation sites is 2. The number of nitrogens with zero attached hydrogens (tertiary/aromatic N) is 3. The van der Waals surface area contributed by atoms with Crippen molar-refractivity contribution in [3.63, 3.8) is 0 Å². The Morgan fingerprint density at radius 1 is 1.16 bits per heavy atom. The highest BCUT2D eigenvalue weighted by Gasteiger charge is 2.26. The number of amides is 1. The molecule has 7 nitrogen and oxygen atoms in total. The molecule has 0 saturated carbocycles. The standard InChI is InChI=1S/C24H27N5O2/c1-14(2)11-12-26-24(30)20-21-23(28-17-8-6-5-7-16(17)27-21)29(22(20)25)18-13-15(3)9-10-19(18)31-4/h5-10,13-14H,11-12,25H2,1-4H3,(H,26,30). The minimum Gasteiger partial charge on any atom is -0.495 e. The molecule has 0 fully saturated rings. The maximum absolute atomic E-state index is 13.2. The summed E-state index contributed by atoms with van der Waals surface area (Å²) in [7, 11) is 1.61. The molecule has 0 bridgehead atoms. The van der Waals surface area contributed by atoms with Crippen LogP contribution in [0.2, 0.25) is 0 Å². The highest BCUT2D eigenvalue weighted by molar-refractivity contribution is 6.11. The Balaban J connectivity index is 1.98. The van der Waals surface area contributed by atoms with Crippen molar-refractivity contribution in [2.45, 2.75) is 27.2 Å². The van der Waals surface area contributed by atoms with Crippen LogP contribution in [0.5, 0.6) is 5.75 Å². The van der Waals surface area contributed by atoms with Crippen molar-refractivity contribution in [2.24, 2.45) is 5.92 Å². The minimum atomic E-state index is -0.252.